The minimum absolute atomic E-state index is 0.440. The Balaban J connectivity index is 1.87. The molecular weight excluding hydrogens is 368 g/mol. The Kier molecular flexibility index (Phi) is 10.2. The number of nitrogens with zero attached hydrogens (tertiary/aromatic N) is 4. The van der Waals surface area contributed by atoms with E-state index in [1.54, 1.807) is 11.8 Å². The summed E-state index contributed by atoms with van der Waals surface area (Å²) in [6, 6.07) is 1.03. The molecule has 1 aliphatic carbocycles. The molecule has 1 aromatic rings. The molecule has 2 rings (SSSR count). The highest BCUT2D eigenvalue weighted by molar-refractivity contribution is 7.98. The lowest BCUT2D eigenvalue weighted by Gasteiger charge is -2.18. The molecular formula is C21H40N6S. The van der Waals surface area contributed by atoms with Crippen molar-refractivity contribution in [1.29, 1.82) is 0 Å². The molecule has 2 N–H and O–H groups in total. The van der Waals surface area contributed by atoms with Crippen molar-refractivity contribution in [2.24, 2.45) is 10.9 Å². The fourth-order valence-corrected chi connectivity index (χ4v) is 4.36. The van der Waals surface area contributed by atoms with Crippen molar-refractivity contribution in [3.8, 4) is 0 Å². The van der Waals surface area contributed by atoms with Crippen LogP contribution in [0.5, 0.6) is 0 Å². The lowest BCUT2D eigenvalue weighted by Crippen LogP contribution is -2.42. The highest BCUT2D eigenvalue weighted by Gasteiger charge is 2.23. The predicted octanol–water partition coefficient (Wildman–Crippen LogP) is 4.43. The maximum Gasteiger partial charge on any atom is 0.191 e. The number of hydrogen-bond acceptors (Lipinski definition) is 4. The standard InChI is InChI=1S/C21H40N6S/c1-6-22-20(24-17(4)14-13-16(2)3)23-15-9-12-19-25-26-21(28-5)27(19)18-10-7-8-11-18/h16-18H,6-15H2,1-5H3,(H2,22,23,24). The molecule has 1 heterocycles. The van der Waals surface area contributed by atoms with Gasteiger partial charge < -0.3 is 15.2 Å². The summed E-state index contributed by atoms with van der Waals surface area (Å²) in [7, 11) is 0. The van der Waals surface area contributed by atoms with E-state index in [9.17, 15) is 0 Å². The maximum atomic E-state index is 4.78. The number of guanidine groups is 1. The highest BCUT2D eigenvalue weighted by atomic mass is 32.2. The van der Waals surface area contributed by atoms with Crippen LogP contribution < -0.4 is 10.6 Å². The van der Waals surface area contributed by atoms with Gasteiger partial charge in [-0.15, -0.1) is 10.2 Å². The first kappa shape index (κ1) is 23.0. The molecule has 6 nitrogen and oxygen atoms in total. The second kappa shape index (κ2) is 12.3. The smallest absolute Gasteiger partial charge is 0.191 e. The zero-order valence-corrected chi connectivity index (χ0v) is 19.3. The molecule has 0 saturated heterocycles. The van der Waals surface area contributed by atoms with Gasteiger partial charge in [0, 0.05) is 31.6 Å². The molecule has 1 atom stereocenters. The summed E-state index contributed by atoms with van der Waals surface area (Å²) in [5.41, 5.74) is 0. The van der Waals surface area contributed by atoms with Gasteiger partial charge in [-0.1, -0.05) is 38.5 Å². The van der Waals surface area contributed by atoms with Crippen LogP contribution in [-0.2, 0) is 6.42 Å². The van der Waals surface area contributed by atoms with E-state index in [0.29, 0.717) is 12.1 Å². The van der Waals surface area contributed by atoms with Crippen LogP contribution in [0.2, 0.25) is 0 Å². The summed E-state index contributed by atoms with van der Waals surface area (Å²) in [5.74, 6) is 2.81. The van der Waals surface area contributed by atoms with E-state index in [1.807, 2.05) is 0 Å². The van der Waals surface area contributed by atoms with E-state index in [1.165, 1.54) is 38.5 Å². The van der Waals surface area contributed by atoms with Gasteiger partial charge in [0.05, 0.1) is 0 Å². The Hall–Kier alpha value is -1.24. The molecule has 7 heteroatoms. The average Bonchev–Trinajstić information content (AvgIpc) is 3.32. The fourth-order valence-electron chi connectivity index (χ4n) is 3.78. The molecule has 1 aromatic heterocycles. The van der Waals surface area contributed by atoms with Gasteiger partial charge >= 0.3 is 0 Å². The third-order valence-corrected chi connectivity index (χ3v) is 5.98. The quantitative estimate of drug-likeness (QED) is 0.245. The summed E-state index contributed by atoms with van der Waals surface area (Å²) in [5, 5.41) is 16.9. The summed E-state index contributed by atoms with van der Waals surface area (Å²) < 4.78 is 2.40. The van der Waals surface area contributed by atoms with Crippen LogP contribution in [0.1, 0.15) is 84.5 Å². The number of aryl methyl sites for hydroxylation is 1. The molecule has 160 valence electrons. The summed E-state index contributed by atoms with van der Waals surface area (Å²) >= 11 is 1.71. The lowest BCUT2D eigenvalue weighted by atomic mass is 10.0. The van der Waals surface area contributed by atoms with E-state index in [-0.39, 0.29) is 0 Å². The predicted molar refractivity (Wildman–Crippen MR) is 120 cm³/mol. The molecule has 1 unspecified atom stereocenters. The summed E-state index contributed by atoms with van der Waals surface area (Å²) in [6.07, 6.45) is 11.6. The molecule has 1 fully saturated rings. The average molecular weight is 409 g/mol. The number of aromatic nitrogens is 3. The number of rotatable bonds is 11. The maximum absolute atomic E-state index is 4.78. The second-order valence-corrected chi connectivity index (χ2v) is 9.07. The van der Waals surface area contributed by atoms with Crippen LogP contribution in [-0.4, -0.2) is 46.1 Å². The van der Waals surface area contributed by atoms with Crippen molar-refractivity contribution in [3.05, 3.63) is 5.82 Å². The third-order valence-electron chi connectivity index (χ3n) is 5.34. The van der Waals surface area contributed by atoms with Gasteiger partial charge in [0.15, 0.2) is 11.1 Å². The van der Waals surface area contributed by atoms with Crippen LogP contribution in [0.3, 0.4) is 0 Å². The highest BCUT2D eigenvalue weighted by Crippen LogP contribution is 2.33. The zero-order chi connectivity index (χ0) is 20.4. The monoisotopic (exact) mass is 408 g/mol. The largest absolute Gasteiger partial charge is 0.357 e. The molecule has 1 aliphatic rings. The minimum Gasteiger partial charge on any atom is -0.357 e. The van der Waals surface area contributed by atoms with Crippen LogP contribution >= 0.6 is 11.8 Å². The van der Waals surface area contributed by atoms with Crippen LogP contribution in [0.4, 0.5) is 0 Å². The van der Waals surface area contributed by atoms with Gasteiger partial charge in [-0.05, 0) is 58.1 Å². The molecule has 0 aliphatic heterocycles. The number of hydrogen-bond donors (Lipinski definition) is 2. The normalized spacial score (nSPS) is 16.7. The van der Waals surface area contributed by atoms with Gasteiger partial charge in [0.25, 0.3) is 0 Å². The Morgan fingerprint density at radius 3 is 2.61 bits per heavy atom. The summed E-state index contributed by atoms with van der Waals surface area (Å²) in [4.78, 5) is 4.78. The van der Waals surface area contributed by atoms with Crippen LogP contribution in [0.15, 0.2) is 10.1 Å². The number of thioether (sulfide) groups is 1. The van der Waals surface area contributed by atoms with Gasteiger partial charge in [0.1, 0.15) is 5.82 Å². The van der Waals surface area contributed by atoms with Crippen LogP contribution in [0.25, 0.3) is 0 Å². The first-order chi connectivity index (χ1) is 13.5. The lowest BCUT2D eigenvalue weighted by molar-refractivity contribution is 0.461. The Morgan fingerprint density at radius 1 is 1.21 bits per heavy atom. The van der Waals surface area contributed by atoms with E-state index >= 15 is 0 Å². The van der Waals surface area contributed by atoms with Crippen molar-refractivity contribution in [2.45, 2.75) is 96.3 Å². The summed E-state index contributed by atoms with van der Waals surface area (Å²) in [6.45, 7) is 10.6. The van der Waals surface area contributed by atoms with E-state index < -0.39 is 0 Å². The van der Waals surface area contributed by atoms with Crippen molar-refractivity contribution in [3.63, 3.8) is 0 Å². The number of nitrogens with one attached hydrogen (secondary N) is 2. The Bertz CT molecular complexity index is 592. The third kappa shape index (κ3) is 7.30. The molecule has 0 radical (unpaired) electrons. The van der Waals surface area contributed by atoms with Crippen molar-refractivity contribution in [1.82, 2.24) is 25.4 Å². The Labute approximate surface area is 175 Å². The van der Waals surface area contributed by atoms with Gasteiger partial charge in [0.2, 0.25) is 0 Å². The topological polar surface area (TPSA) is 67.1 Å². The van der Waals surface area contributed by atoms with Crippen molar-refractivity contribution >= 4 is 17.7 Å². The first-order valence-corrected chi connectivity index (χ1v) is 12.3. The van der Waals surface area contributed by atoms with Gasteiger partial charge in [-0.25, -0.2) is 0 Å². The van der Waals surface area contributed by atoms with Gasteiger partial charge in [-0.3, -0.25) is 4.99 Å². The van der Waals surface area contributed by atoms with Crippen molar-refractivity contribution < 1.29 is 0 Å². The van der Waals surface area contributed by atoms with E-state index in [4.69, 9.17) is 4.99 Å². The molecule has 0 aromatic carbocycles. The van der Waals surface area contributed by atoms with Gasteiger partial charge in [-0.2, -0.15) is 0 Å². The van der Waals surface area contributed by atoms with E-state index in [0.717, 1.165) is 48.8 Å². The zero-order valence-electron chi connectivity index (χ0n) is 18.5. The Morgan fingerprint density at radius 2 is 1.96 bits per heavy atom. The molecule has 1 saturated carbocycles. The SMILES string of the molecule is CCNC(=NCCCc1nnc(SC)n1C1CCCC1)NC(C)CCC(C)C. The second-order valence-electron chi connectivity index (χ2n) is 8.29. The first-order valence-electron chi connectivity index (χ1n) is 11.1. The molecule has 0 amide bonds. The van der Waals surface area contributed by atoms with E-state index in [2.05, 4.69) is 59.3 Å². The fraction of sp³-hybridized carbons (Fsp3) is 0.857. The molecule has 0 spiro atoms. The number of aliphatic imine (C=N–C) groups is 1. The molecule has 28 heavy (non-hydrogen) atoms. The minimum atomic E-state index is 0.440. The van der Waals surface area contributed by atoms with Crippen molar-refractivity contribution in [2.75, 3.05) is 19.3 Å². The van der Waals surface area contributed by atoms with Crippen LogP contribution in [0, 0.1) is 5.92 Å². The molecule has 0 bridgehead atoms.